The molecule has 5 rings (SSSR count). The lowest BCUT2D eigenvalue weighted by atomic mass is 9.87. The number of nitrogens with zero attached hydrogens (tertiary/aromatic N) is 2. The first-order valence-corrected chi connectivity index (χ1v) is 13.4. The molecule has 0 N–H and O–H groups in total. The van der Waals surface area contributed by atoms with Crippen LogP contribution < -0.4 is 4.74 Å². The summed E-state index contributed by atoms with van der Waals surface area (Å²) in [5.74, 6) is 0.698. The molecular formula is C34H36N2O2. The van der Waals surface area contributed by atoms with E-state index in [-0.39, 0.29) is 11.9 Å². The highest BCUT2D eigenvalue weighted by molar-refractivity contribution is 5.80. The number of ether oxygens (including phenoxy) is 1. The molecule has 0 saturated heterocycles. The minimum atomic E-state index is -0.580. The van der Waals surface area contributed by atoms with Gasteiger partial charge in [0, 0.05) is 26.7 Å². The third-order valence-electron chi connectivity index (χ3n) is 7.33. The summed E-state index contributed by atoms with van der Waals surface area (Å²) in [5, 5.41) is 0. The second kappa shape index (κ2) is 11.7. The molecule has 38 heavy (non-hydrogen) atoms. The first-order valence-electron chi connectivity index (χ1n) is 13.4. The van der Waals surface area contributed by atoms with Gasteiger partial charge in [-0.15, -0.1) is 0 Å². The summed E-state index contributed by atoms with van der Waals surface area (Å²) >= 11 is 0. The van der Waals surface area contributed by atoms with E-state index in [0.29, 0.717) is 6.54 Å². The lowest BCUT2D eigenvalue weighted by molar-refractivity contribution is -0.137. The van der Waals surface area contributed by atoms with Gasteiger partial charge in [-0.25, -0.2) is 0 Å². The van der Waals surface area contributed by atoms with Crippen molar-refractivity contribution in [2.24, 2.45) is 0 Å². The number of hydrogen-bond acceptors (Lipinski definition) is 3. The summed E-state index contributed by atoms with van der Waals surface area (Å²) in [6.45, 7) is 6.40. The maximum absolute atomic E-state index is 13.1. The van der Waals surface area contributed by atoms with Crippen LogP contribution in [0.15, 0.2) is 103 Å². The molecule has 4 heteroatoms. The zero-order valence-electron chi connectivity index (χ0n) is 22.5. The van der Waals surface area contributed by atoms with Crippen LogP contribution in [0, 0.1) is 6.92 Å². The molecule has 0 aliphatic carbocycles. The fraction of sp³-hybridized carbons (Fsp3) is 0.265. The van der Waals surface area contributed by atoms with Crippen molar-refractivity contribution in [1.29, 1.82) is 0 Å². The van der Waals surface area contributed by atoms with E-state index >= 15 is 0 Å². The number of hydrogen-bond donors (Lipinski definition) is 0. The number of aryl methyl sites for hydroxylation is 1. The SMILES string of the molecule is Cc1cccc(CN2CCc3ccc(OC(C)C(=O)N(C)Cc4ccccc4)cc3C2c2ccccc2)c1. The Labute approximate surface area is 226 Å². The quantitative estimate of drug-likeness (QED) is 0.272. The van der Waals surface area contributed by atoms with Crippen molar-refractivity contribution in [3.63, 3.8) is 0 Å². The highest BCUT2D eigenvalue weighted by Crippen LogP contribution is 2.38. The van der Waals surface area contributed by atoms with Gasteiger partial charge >= 0.3 is 0 Å². The molecule has 194 valence electrons. The molecule has 0 saturated carbocycles. The molecule has 0 bridgehead atoms. The Kier molecular flexibility index (Phi) is 7.90. The Hall–Kier alpha value is -3.89. The Morgan fingerprint density at radius 1 is 0.921 bits per heavy atom. The van der Waals surface area contributed by atoms with Crippen LogP contribution >= 0.6 is 0 Å². The van der Waals surface area contributed by atoms with Gasteiger partial charge in [-0.2, -0.15) is 0 Å². The average Bonchev–Trinajstić information content (AvgIpc) is 2.93. The van der Waals surface area contributed by atoms with Gasteiger partial charge in [0.1, 0.15) is 5.75 Å². The molecule has 1 aliphatic rings. The number of carbonyl (C=O) groups is 1. The molecule has 0 radical (unpaired) electrons. The Bertz CT molecular complexity index is 1370. The summed E-state index contributed by atoms with van der Waals surface area (Å²) in [7, 11) is 1.83. The number of amides is 1. The number of likely N-dealkylation sites (N-methyl/N-ethyl adjacent to an activating group) is 1. The highest BCUT2D eigenvalue weighted by atomic mass is 16.5. The van der Waals surface area contributed by atoms with Gasteiger partial charge in [0.2, 0.25) is 0 Å². The minimum absolute atomic E-state index is 0.0349. The molecule has 4 nitrogen and oxygen atoms in total. The Balaban J connectivity index is 1.38. The summed E-state index contributed by atoms with van der Waals surface area (Å²) in [6.07, 6.45) is 0.405. The molecule has 0 fully saturated rings. The lowest BCUT2D eigenvalue weighted by Gasteiger charge is -2.38. The smallest absolute Gasteiger partial charge is 0.263 e. The topological polar surface area (TPSA) is 32.8 Å². The molecule has 2 atom stereocenters. The van der Waals surface area contributed by atoms with Crippen molar-refractivity contribution in [2.45, 2.75) is 45.5 Å². The first kappa shape index (κ1) is 25.7. The molecule has 0 spiro atoms. The van der Waals surface area contributed by atoms with E-state index < -0.39 is 6.10 Å². The zero-order chi connectivity index (χ0) is 26.5. The number of benzene rings is 4. The third kappa shape index (κ3) is 5.98. The predicted octanol–water partition coefficient (Wildman–Crippen LogP) is 6.57. The number of rotatable bonds is 8. The summed E-state index contributed by atoms with van der Waals surface area (Å²) < 4.78 is 6.24. The van der Waals surface area contributed by atoms with Crippen molar-refractivity contribution < 1.29 is 9.53 Å². The standard InChI is InChI=1S/C34H36N2O2/c1-25-11-10-14-28(21-25)24-36-20-19-29-17-18-31(22-32(29)33(36)30-15-8-5-9-16-30)38-26(2)34(37)35(3)23-27-12-6-4-7-13-27/h4-18,21-22,26,33H,19-20,23-24H2,1-3H3. The summed E-state index contributed by atoms with van der Waals surface area (Å²) in [5.41, 5.74) is 7.57. The fourth-order valence-corrected chi connectivity index (χ4v) is 5.46. The fourth-order valence-electron chi connectivity index (χ4n) is 5.46. The van der Waals surface area contributed by atoms with Gasteiger partial charge in [-0.3, -0.25) is 9.69 Å². The van der Waals surface area contributed by atoms with Crippen LogP contribution in [0.4, 0.5) is 0 Å². The van der Waals surface area contributed by atoms with Crippen molar-refractivity contribution in [2.75, 3.05) is 13.6 Å². The van der Waals surface area contributed by atoms with Crippen LogP contribution in [0.1, 0.15) is 46.3 Å². The van der Waals surface area contributed by atoms with E-state index in [2.05, 4.69) is 78.6 Å². The van der Waals surface area contributed by atoms with Crippen molar-refractivity contribution in [1.82, 2.24) is 9.80 Å². The molecule has 1 heterocycles. The van der Waals surface area contributed by atoms with Crippen LogP contribution in [0.2, 0.25) is 0 Å². The van der Waals surface area contributed by atoms with Crippen LogP contribution in [-0.2, 0) is 24.3 Å². The summed E-state index contributed by atoms with van der Waals surface area (Å²) in [6, 6.07) is 36.0. The van der Waals surface area contributed by atoms with Crippen molar-refractivity contribution >= 4 is 5.91 Å². The van der Waals surface area contributed by atoms with Gasteiger partial charge in [0.05, 0.1) is 6.04 Å². The monoisotopic (exact) mass is 504 g/mol. The van der Waals surface area contributed by atoms with E-state index in [1.807, 2.05) is 50.4 Å². The van der Waals surface area contributed by atoms with Crippen molar-refractivity contribution in [3.8, 4) is 5.75 Å². The number of carbonyl (C=O) groups excluding carboxylic acids is 1. The Morgan fingerprint density at radius 2 is 1.63 bits per heavy atom. The normalized spacial score (nSPS) is 15.9. The molecule has 1 aliphatic heterocycles. The van der Waals surface area contributed by atoms with Gasteiger partial charge in [0.15, 0.2) is 6.10 Å². The van der Waals surface area contributed by atoms with E-state index in [4.69, 9.17) is 4.74 Å². The van der Waals surface area contributed by atoms with Crippen molar-refractivity contribution in [3.05, 3.63) is 137 Å². The second-order valence-electron chi connectivity index (χ2n) is 10.3. The van der Waals surface area contributed by atoms with Gasteiger partial charge in [-0.1, -0.05) is 96.6 Å². The lowest BCUT2D eigenvalue weighted by Crippen LogP contribution is -2.38. The Morgan fingerprint density at radius 3 is 2.37 bits per heavy atom. The maximum atomic E-state index is 13.1. The molecule has 4 aromatic rings. The predicted molar refractivity (Wildman–Crippen MR) is 153 cm³/mol. The van der Waals surface area contributed by atoms with Crippen LogP contribution in [0.3, 0.4) is 0 Å². The molecule has 0 aromatic heterocycles. The van der Waals surface area contributed by atoms with Crippen LogP contribution in [0.25, 0.3) is 0 Å². The maximum Gasteiger partial charge on any atom is 0.263 e. The number of fused-ring (bicyclic) bond motifs is 1. The molecular weight excluding hydrogens is 468 g/mol. The van der Waals surface area contributed by atoms with E-state index in [1.165, 1.54) is 27.8 Å². The second-order valence-corrected chi connectivity index (χ2v) is 10.3. The highest BCUT2D eigenvalue weighted by Gasteiger charge is 2.30. The average molecular weight is 505 g/mol. The first-order chi connectivity index (χ1) is 18.5. The molecule has 2 unspecified atom stereocenters. The van der Waals surface area contributed by atoms with E-state index in [0.717, 1.165) is 30.8 Å². The third-order valence-corrected chi connectivity index (χ3v) is 7.33. The zero-order valence-corrected chi connectivity index (χ0v) is 22.5. The summed E-state index contributed by atoms with van der Waals surface area (Å²) in [4.78, 5) is 17.4. The minimum Gasteiger partial charge on any atom is -0.481 e. The van der Waals surface area contributed by atoms with E-state index in [1.54, 1.807) is 4.90 Å². The molecule has 4 aromatic carbocycles. The van der Waals surface area contributed by atoms with Crippen LogP contribution in [-0.4, -0.2) is 35.4 Å². The van der Waals surface area contributed by atoms with Gasteiger partial charge in [-0.05, 0) is 60.2 Å². The largest absolute Gasteiger partial charge is 0.481 e. The van der Waals surface area contributed by atoms with Gasteiger partial charge in [0.25, 0.3) is 5.91 Å². The van der Waals surface area contributed by atoms with E-state index in [9.17, 15) is 4.79 Å². The van der Waals surface area contributed by atoms with Gasteiger partial charge < -0.3 is 9.64 Å². The van der Waals surface area contributed by atoms with Crippen LogP contribution in [0.5, 0.6) is 5.75 Å². The molecule has 1 amide bonds.